The highest BCUT2D eigenvalue weighted by Gasteiger charge is 2.04. The van der Waals surface area contributed by atoms with Crippen molar-refractivity contribution in [3.05, 3.63) is 64.7 Å². The molecule has 0 heterocycles. The van der Waals surface area contributed by atoms with Gasteiger partial charge in [0, 0.05) is 4.90 Å². The molecule has 0 spiro atoms. The molecule has 0 aromatic heterocycles. The van der Waals surface area contributed by atoms with Gasteiger partial charge in [0.15, 0.2) is 0 Å². The molecule has 0 saturated heterocycles. The fraction of sp³-hybridized carbons (Fsp3) is 0. The third kappa shape index (κ3) is 4.60. The Balaban J connectivity index is 0.000000200. The van der Waals surface area contributed by atoms with Crippen LogP contribution in [0.1, 0.15) is 20.7 Å². The second kappa shape index (κ2) is 7.57. The Morgan fingerprint density at radius 2 is 1.50 bits per heavy atom. The minimum absolute atomic E-state index is 0.143. The van der Waals surface area contributed by atoms with Gasteiger partial charge in [-0.15, -0.1) is 12.6 Å². The van der Waals surface area contributed by atoms with Crippen LogP contribution in [0.15, 0.2) is 53.4 Å². The van der Waals surface area contributed by atoms with Crippen molar-refractivity contribution in [2.24, 2.45) is 5.73 Å². The fourth-order valence-electron chi connectivity index (χ4n) is 1.32. The Morgan fingerprint density at radius 3 is 1.85 bits per heavy atom. The maximum Gasteiger partial charge on any atom is 0.337 e. The number of rotatable bonds is 2. The molecule has 104 valence electrons. The number of aromatic carboxylic acids is 1. The van der Waals surface area contributed by atoms with E-state index in [0.717, 1.165) is 0 Å². The minimum Gasteiger partial charge on any atom is -0.478 e. The summed E-state index contributed by atoms with van der Waals surface area (Å²) in [5, 5.41) is 8.75. The molecule has 4 nitrogen and oxygen atoms in total. The van der Waals surface area contributed by atoms with Crippen molar-refractivity contribution in [3.8, 4) is 0 Å². The minimum atomic E-state index is -0.995. The Hall–Kier alpha value is -1.98. The Bertz CT molecular complexity index is 576. The van der Waals surface area contributed by atoms with Crippen LogP contribution in [0, 0.1) is 0 Å². The van der Waals surface area contributed by atoms with Crippen LogP contribution in [-0.4, -0.2) is 17.0 Å². The smallest absolute Gasteiger partial charge is 0.337 e. The standard InChI is InChI=1S/C7H5ClO2.C7H7NOS/c8-6-4-2-1-3-5(6)7(9)10;8-7(9)5-3-1-2-4-6(5)10/h1-4H,(H,9,10);1-4,10H,(H2,8,9). The molecule has 2 rings (SSSR count). The predicted octanol–water partition coefficient (Wildman–Crippen LogP) is 3.11. The van der Waals surface area contributed by atoms with E-state index >= 15 is 0 Å². The largest absolute Gasteiger partial charge is 0.478 e. The van der Waals surface area contributed by atoms with E-state index in [9.17, 15) is 9.59 Å². The van der Waals surface area contributed by atoms with Crippen LogP contribution in [0.3, 0.4) is 0 Å². The second-order valence-electron chi connectivity index (χ2n) is 3.67. The van der Waals surface area contributed by atoms with E-state index in [0.29, 0.717) is 10.5 Å². The molecule has 0 atom stereocenters. The first-order valence-corrected chi connectivity index (χ1v) is 6.31. The predicted molar refractivity (Wildman–Crippen MR) is 80.6 cm³/mol. The molecule has 0 aliphatic rings. The summed E-state index contributed by atoms with van der Waals surface area (Å²) >= 11 is 9.57. The Morgan fingerprint density at radius 1 is 1.00 bits per heavy atom. The van der Waals surface area contributed by atoms with Crippen LogP contribution >= 0.6 is 24.2 Å². The summed E-state index contributed by atoms with van der Waals surface area (Å²) in [6, 6.07) is 13.3. The average Bonchev–Trinajstić information content (AvgIpc) is 2.40. The molecule has 2 aromatic rings. The molecular weight excluding hydrogens is 298 g/mol. The summed E-state index contributed by atoms with van der Waals surface area (Å²) in [6.07, 6.45) is 0. The summed E-state index contributed by atoms with van der Waals surface area (Å²) in [5.74, 6) is -1.43. The van der Waals surface area contributed by atoms with Crippen LogP contribution in [-0.2, 0) is 0 Å². The van der Waals surface area contributed by atoms with Crippen molar-refractivity contribution in [2.45, 2.75) is 4.90 Å². The van der Waals surface area contributed by atoms with E-state index in [1.807, 2.05) is 0 Å². The van der Waals surface area contributed by atoms with Gasteiger partial charge in [0.25, 0.3) is 0 Å². The highest BCUT2D eigenvalue weighted by atomic mass is 35.5. The van der Waals surface area contributed by atoms with Crippen molar-refractivity contribution >= 4 is 36.1 Å². The van der Waals surface area contributed by atoms with Gasteiger partial charge in [-0.3, -0.25) is 4.79 Å². The molecular formula is C14H12ClNO3S. The molecule has 2 aromatic carbocycles. The van der Waals surface area contributed by atoms with Gasteiger partial charge in [0.05, 0.1) is 16.1 Å². The van der Waals surface area contributed by atoms with Gasteiger partial charge < -0.3 is 10.8 Å². The summed E-state index contributed by atoms with van der Waals surface area (Å²) in [5.41, 5.74) is 5.63. The zero-order chi connectivity index (χ0) is 15.1. The van der Waals surface area contributed by atoms with E-state index < -0.39 is 11.9 Å². The van der Waals surface area contributed by atoms with E-state index in [1.165, 1.54) is 6.07 Å². The molecule has 3 N–H and O–H groups in total. The van der Waals surface area contributed by atoms with Crippen molar-refractivity contribution in [3.63, 3.8) is 0 Å². The molecule has 1 amide bonds. The van der Waals surface area contributed by atoms with Gasteiger partial charge in [-0.2, -0.15) is 0 Å². The molecule has 0 saturated carbocycles. The van der Waals surface area contributed by atoms with Crippen LogP contribution in [0.2, 0.25) is 5.02 Å². The Kier molecular flexibility index (Phi) is 6.09. The molecule has 6 heteroatoms. The van der Waals surface area contributed by atoms with Crippen LogP contribution in [0.25, 0.3) is 0 Å². The van der Waals surface area contributed by atoms with Gasteiger partial charge >= 0.3 is 5.97 Å². The maximum atomic E-state index is 10.6. The van der Waals surface area contributed by atoms with Gasteiger partial charge in [-0.25, -0.2) is 4.79 Å². The molecule has 20 heavy (non-hydrogen) atoms. The lowest BCUT2D eigenvalue weighted by Gasteiger charge is -1.96. The summed E-state index contributed by atoms with van der Waals surface area (Å²) < 4.78 is 0. The lowest BCUT2D eigenvalue weighted by molar-refractivity contribution is 0.0697. The number of amides is 1. The van der Waals surface area contributed by atoms with Crippen molar-refractivity contribution < 1.29 is 14.7 Å². The summed E-state index contributed by atoms with van der Waals surface area (Å²) in [4.78, 5) is 21.6. The lowest BCUT2D eigenvalue weighted by Crippen LogP contribution is -2.11. The van der Waals surface area contributed by atoms with Gasteiger partial charge in [0.1, 0.15) is 0 Å². The quantitative estimate of drug-likeness (QED) is 0.746. The fourth-order valence-corrected chi connectivity index (χ4v) is 1.80. The number of thiol groups is 1. The first-order chi connectivity index (χ1) is 9.43. The van der Waals surface area contributed by atoms with E-state index in [2.05, 4.69) is 12.6 Å². The number of carboxylic acids is 1. The summed E-state index contributed by atoms with van der Waals surface area (Å²) in [6.45, 7) is 0. The van der Waals surface area contributed by atoms with Crippen LogP contribution in [0.5, 0.6) is 0 Å². The van der Waals surface area contributed by atoms with Gasteiger partial charge in [0.2, 0.25) is 5.91 Å². The lowest BCUT2D eigenvalue weighted by atomic mass is 10.2. The van der Waals surface area contributed by atoms with E-state index in [-0.39, 0.29) is 10.6 Å². The summed E-state index contributed by atoms with van der Waals surface area (Å²) in [7, 11) is 0. The third-order valence-corrected chi connectivity index (χ3v) is 2.99. The average molecular weight is 310 g/mol. The van der Waals surface area contributed by atoms with Crippen molar-refractivity contribution in [1.82, 2.24) is 0 Å². The topological polar surface area (TPSA) is 80.4 Å². The molecule has 0 aliphatic heterocycles. The first kappa shape index (κ1) is 16.1. The zero-order valence-corrected chi connectivity index (χ0v) is 11.9. The maximum absolute atomic E-state index is 10.6. The Labute approximate surface area is 126 Å². The third-order valence-electron chi connectivity index (χ3n) is 2.27. The second-order valence-corrected chi connectivity index (χ2v) is 4.56. The number of hydrogen-bond acceptors (Lipinski definition) is 3. The molecule has 0 aliphatic carbocycles. The van der Waals surface area contributed by atoms with Crippen LogP contribution < -0.4 is 5.73 Å². The number of carbonyl (C=O) groups is 2. The van der Waals surface area contributed by atoms with E-state index in [1.54, 1.807) is 42.5 Å². The van der Waals surface area contributed by atoms with Crippen molar-refractivity contribution in [1.29, 1.82) is 0 Å². The van der Waals surface area contributed by atoms with Gasteiger partial charge in [-0.1, -0.05) is 35.9 Å². The van der Waals surface area contributed by atoms with Crippen LogP contribution in [0.4, 0.5) is 0 Å². The SMILES string of the molecule is NC(=O)c1ccccc1S.O=C(O)c1ccccc1Cl. The highest BCUT2D eigenvalue weighted by molar-refractivity contribution is 7.80. The number of carboxylic acid groups (broad SMARTS) is 1. The monoisotopic (exact) mass is 309 g/mol. The normalized spacial score (nSPS) is 9.30. The molecule has 0 fully saturated rings. The van der Waals surface area contributed by atoms with E-state index in [4.69, 9.17) is 22.4 Å². The number of benzene rings is 2. The number of primary amides is 1. The molecule has 0 unspecified atom stereocenters. The van der Waals surface area contributed by atoms with Crippen molar-refractivity contribution in [2.75, 3.05) is 0 Å². The highest BCUT2D eigenvalue weighted by Crippen LogP contribution is 2.14. The first-order valence-electron chi connectivity index (χ1n) is 5.49. The molecule has 0 radical (unpaired) electrons. The number of halogens is 1. The number of nitrogens with two attached hydrogens (primary N) is 1. The molecule has 0 bridgehead atoms. The van der Waals surface area contributed by atoms with Gasteiger partial charge in [-0.05, 0) is 24.3 Å². The number of carbonyl (C=O) groups excluding carboxylic acids is 1. The zero-order valence-electron chi connectivity index (χ0n) is 10.3. The number of hydrogen-bond donors (Lipinski definition) is 3.